The predicted octanol–water partition coefficient (Wildman–Crippen LogP) is 6.05. The Morgan fingerprint density at radius 1 is 0.548 bits per heavy atom. The number of aromatic nitrogens is 5. The molecule has 6 rings (SSSR count). The molecule has 8 bridgehead atoms. The number of pyridine rings is 1. The Labute approximate surface area is 179 Å². The van der Waals surface area contributed by atoms with Gasteiger partial charge >= 0.3 is 0 Å². The summed E-state index contributed by atoms with van der Waals surface area (Å²) < 4.78 is 0. The molecule has 4 aromatic rings. The van der Waals surface area contributed by atoms with Crippen LogP contribution in [0.2, 0.25) is 0 Å². The van der Waals surface area contributed by atoms with E-state index in [2.05, 4.69) is 55.3 Å². The summed E-state index contributed by atoms with van der Waals surface area (Å²) in [4.78, 5) is 20.0. The minimum atomic E-state index is 0.915. The summed E-state index contributed by atoms with van der Waals surface area (Å²) in [5, 5.41) is 0. The summed E-state index contributed by atoms with van der Waals surface area (Å²) in [6, 6.07) is 22.3. The van der Waals surface area contributed by atoms with Gasteiger partial charge in [-0.25, -0.2) is 9.97 Å². The van der Waals surface area contributed by atoms with Crippen molar-refractivity contribution in [3.8, 4) is 0 Å². The van der Waals surface area contributed by atoms with Crippen LogP contribution >= 0.6 is 0 Å². The van der Waals surface area contributed by atoms with Gasteiger partial charge in [0.25, 0.3) is 0 Å². The van der Waals surface area contributed by atoms with E-state index in [-0.39, 0.29) is 0 Å². The third-order valence-corrected chi connectivity index (χ3v) is 4.85. The number of nitrogens with zero attached hydrogens (tertiary/aromatic N) is 3. The minimum Gasteiger partial charge on any atom is -0.355 e. The summed E-state index contributed by atoms with van der Waals surface area (Å²) in [6.07, 6.45) is 9.83. The van der Waals surface area contributed by atoms with Crippen molar-refractivity contribution in [3.05, 3.63) is 101 Å². The molecule has 4 aromatic heterocycles. The first-order valence-corrected chi connectivity index (χ1v) is 10.1. The third-order valence-electron chi connectivity index (χ3n) is 4.85. The Bertz CT molecular complexity index is 1350. The smallest absolute Gasteiger partial charge is 0.0659 e. The molecule has 2 N–H and O–H groups in total. The SMILES string of the molecule is C1=Cc2cc3ccc(cc4ccc(cc5nc(cc1n2)C=C5)[nH]4)[nH]3.Cc1ccccn1. The number of hydrogen-bond donors (Lipinski definition) is 2. The van der Waals surface area contributed by atoms with Gasteiger partial charge in [-0.15, -0.1) is 0 Å². The van der Waals surface area contributed by atoms with E-state index in [0.717, 1.165) is 50.5 Å². The van der Waals surface area contributed by atoms with Crippen LogP contribution in [0.1, 0.15) is 28.5 Å². The van der Waals surface area contributed by atoms with Crippen molar-refractivity contribution in [1.82, 2.24) is 24.9 Å². The van der Waals surface area contributed by atoms with E-state index in [4.69, 9.17) is 0 Å². The van der Waals surface area contributed by atoms with Crippen LogP contribution in [0.15, 0.2) is 72.9 Å². The first-order valence-electron chi connectivity index (χ1n) is 10.1. The molecule has 0 saturated carbocycles. The lowest BCUT2D eigenvalue weighted by Crippen LogP contribution is -1.77. The number of aryl methyl sites for hydroxylation is 1. The molecule has 0 saturated heterocycles. The van der Waals surface area contributed by atoms with Crippen molar-refractivity contribution < 1.29 is 0 Å². The number of rotatable bonds is 0. The molecule has 0 aliphatic carbocycles. The van der Waals surface area contributed by atoms with Gasteiger partial charge in [-0.3, -0.25) is 4.98 Å². The summed E-state index contributed by atoms with van der Waals surface area (Å²) in [6.45, 7) is 1.97. The van der Waals surface area contributed by atoms with Gasteiger partial charge in [0.2, 0.25) is 0 Å². The van der Waals surface area contributed by atoms with E-state index in [1.165, 1.54) is 0 Å². The standard InChI is InChI=1S/C20H14N4.C6H7N/c1-2-14-10-16-5-6-18(23-16)12-20-8-7-19(24-20)11-17-4-3-15(22-17)9-13(1)21-14;1-6-4-2-3-5-7-6/h1-12,21-22H;2-5H,1H3. The summed E-state index contributed by atoms with van der Waals surface area (Å²) in [7, 11) is 0. The highest BCUT2D eigenvalue weighted by atomic mass is 14.8. The van der Waals surface area contributed by atoms with Crippen LogP contribution in [-0.2, 0) is 0 Å². The summed E-state index contributed by atoms with van der Waals surface area (Å²) in [5.74, 6) is 0. The van der Waals surface area contributed by atoms with Gasteiger partial charge in [0, 0.05) is 34.0 Å². The van der Waals surface area contributed by atoms with Crippen molar-refractivity contribution in [1.29, 1.82) is 0 Å². The number of H-pyrrole nitrogens is 2. The quantitative estimate of drug-likeness (QED) is 0.324. The average molecular weight is 403 g/mol. The molecule has 0 spiro atoms. The molecular weight excluding hydrogens is 382 g/mol. The van der Waals surface area contributed by atoms with E-state index < -0.39 is 0 Å². The fourth-order valence-electron chi connectivity index (χ4n) is 3.39. The maximum Gasteiger partial charge on any atom is 0.0659 e. The maximum absolute atomic E-state index is 4.62. The van der Waals surface area contributed by atoms with Crippen molar-refractivity contribution >= 4 is 46.4 Å². The first-order chi connectivity index (χ1) is 15.2. The second kappa shape index (κ2) is 8.24. The molecule has 2 aliphatic heterocycles. The zero-order valence-electron chi connectivity index (χ0n) is 17.1. The van der Waals surface area contributed by atoms with E-state index in [1.54, 1.807) is 6.20 Å². The van der Waals surface area contributed by atoms with Crippen LogP contribution < -0.4 is 0 Å². The molecule has 5 heteroatoms. The lowest BCUT2D eigenvalue weighted by Gasteiger charge is -1.86. The Kier molecular flexibility index (Phi) is 4.99. The number of fused-ring (bicyclic) bond motifs is 8. The zero-order chi connectivity index (χ0) is 21.0. The number of aromatic amines is 2. The van der Waals surface area contributed by atoms with Gasteiger partial charge in [-0.1, -0.05) is 6.07 Å². The van der Waals surface area contributed by atoms with Gasteiger partial charge in [-0.05, 0) is 91.9 Å². The van der Waals surface area contributed by atoms with Crippen molar-refractivity contribution in [3.63, 3.8) is 0 Å². The molecule has 0 fully saturated rings. The molecule has 0 atom stereocenters. The Hall–Kier alpha value is -4.25. The normalized spacial score (nSPS) is 11.8. The molecule has 0 aromatic carbocycles. The van der Waals surface area contributed by atoms with Gasteiger partial charge in [0.1, 0.15) is 0 Å². The summed E-state index contributed by atoms with van der Waals surface area (Å²) in [5.41, 5.74) is 8.93. The van der Waals surface area contributed by atoms with Crippen molar-refractivity contribution in [2.75, 3.05) is 0 Å². The molecular formula is C26H21N5. The molecule has 0 amide bonds. The topological polar surface area (TPSA) is 70.2 Å². The molecule has 31 heavy (non-hydrogen) atoms. The fourth-order valence-corrected chi connectivity index (χ4v) is 3.39. The summed E-state index contributed by atoms with van der Waals surface area (Å²) >= 11 is 0. The van der Waals surface area contributed by atoms with Crippen LogP contribution in [0.25, 0.3) is 46.4 Å². The maximum atomic E-state index is 4.62. The van der Waals surface area contributed by atoms with Crippen LogP contribution in [0.3, 0.4) is 0 Å². The second-order valence-corrected chi connectivity index (χ2v) is 7.38. The van der Waals surface area contributed by atoms with E-state index in [1.807, 2.05) is 67.6 Å². The monoisotopic (exact) mass is 403 g/mol. The lowest BCUT2D eigenvalue weighted by atomic mass is 10.3. The second-order valence-electron chi connectivity index (χ2n) is 7.38. The predicted molar refractivity (Wildman–Crippen MR) is 128 cm³/mol. The lowest BCUT2D eigenvalue weighted by molar-refractivity contribution is 1.20. The van der Waals surface area contributed by atoms with E-state index in [0.29, 0.717) is 0 Å². The largest absolute Gasteiger partial charge is 0.355 e. The molecule has 5 nitrogen and oxygen atoms in total. The van der Waals surface area contributed by atoms with Gasteiger partial charge < -0.3 is 9.97 Å². The van der Waals surface area contributed by atoms with Crippen LogP contribution in [0.5, 0.6) is 0 Å². The molecule has 0 radical (unpaired) electrons. The third kappa shape index (κ3) is 4.67. The van der Waals surface area contributed by atoms with Crippen molar-refractivity contribution in [2.45, 2.75) is 6.92 Å². The Morgan fingerprint density at radius 3 is 1.45 bits per heavy atom. The van der Waals surface area contributed by atoms with Crippen LogP contribution in [-0.4, -0.2) is 24.9 Å². The highest BCUT2D eigenvalue weighted by Crippen LogP contribution is 2.17. The molecule has 150 valence electrons. The number of nitrogens with one attached hydrogen (secondary N) is 2. The minimum absolute atomic E-state index is 0.915. The molecule has 2 aliphatic rings. The van der Waals surface area contributed by atoms with Crippen LogP contribution in [0, 0.1) is 6.92 Å². The zero-order valence-corrected chi connectivity index (χ0v) is 17.1. The Morgan fingerprint density at radius 2 is 1.03 bits per heavy atom. The number of hydrogen-bond acceptors (Lipinski definition) is 3. The van der Waals surface area contributed by atoms with Gasteiger partial charge in [0.05, 0.1) is 22.8 Å². The Balaban J connectivity index is 0.000000250. The average Bonchev–Trinajstić information content (AvgIpc) is 3.55. The fraction of sp³-hybridized carbons (Fsp3) is 0.0385. The van der Waals surface area contributed by atoms with Crippen molar-refractivity contribution in [2.24, 2.45) is 0 Å². The molecule has 6 heterocycles. The van der Waals surface area contributed by atoms with Gasteiger partial charge in [-0.2, -0.15) is 0 Å². The van der Waals surface area contributed by atoms with Gasteiger partial charge in [0.15, 0.2) is 0 Å². The van der Waals surface area contributed by atoms with E-state index in [9.17, 15) is 0 Å². The highest BCUT2D eigenvalue weighted by molar-refractivity contribution is 5.77. The van der Waals surface area contributed by atoms with E-state index >= 15 is 0 Å². The molecule has 0 unspecified atom stereocenters. The first kappa shape index (κ1) is 18.8. The van der Waals surface area contributed by atoms with Crippen LogP contribution in [0.4, 0.5) is 0 Å². The highest BCUT2D eigenvalue weighted by Gasteiger charge is 2.02.